The van der Waals surface area contributed by atoms with Crippen LogP contribution in [0.25, 0.3) is 0 Å². The molecule has 0 fully saturated rings. The van der Waals surface area contributed by atoms with Crippen molar-refractivity contribution in [1.82, 2.24) is 0 Å². The van der Waals surface area contributed by atoms with Gasteiger partial charge in [0, 0.05) is 5.57 Å². The largest absolute Gasteiger partial charge is 0.388 e. The molecule has 0 aromatic heterocycles. The Morgan fingerprint density at radius 2 is 2.08 bits per heavy atom. The number of carbonyl (C=O) groups is 1. The average Bonchev–Trinajstić information content (AvgIpc) is 2.02. The monoisotopic (exact) mass is 202 g/mol. The highest BCUT2D eigenvalue weighted by atomic mass is 32.2. The van der Waals surface area contributed by atoms with Crippen molar-refractivity contribution in [3.63, 3.8) is 0 Å². The van der Waals surface area contributed by atoms with E-state index in [0.717, 1.165) is 5.75 Å². The molecule has 1 unspecified atom stereocenters. The normalized spacial score (nSPS) is 13.0. The van der Waals surface area contributed by atoms with Crippen LogP contribution in [-0.4, -0.2) is 22.1 Å². The summed E-state index contributed by atoms with van der Waals surface area (Å²) in [7, 11) is 0. The molecule has 0 amide bonds. The molecule has 0 spiro atoms. The number of hydrogen-bond donors (Lipinski definition) is 1. The predicted octanol–water partition coefficient (Wildman–Crippen LogP) is 2.23. The number of hydrogen-bond acceptors (Lipinski definition) is 3. The molecular formula is C10H18O2S. The Kier molecular flexibility index (Phi) is 6.08. The first-order chi connectivity index (χ1) is 5.99. The molecule has 1 N–H and O–H groups in total. The molecule has 3 heteroatoms. The highest BCUT2D eigenvalue weighted by Crippen LogP contribution is 2.17. The third kappa shape index (κ3) is 5.11. The van der Waals surface area contributed by atoms with Crippen molar-refractivity contribution in [3.8, 4) is 0 Å². The van der Waals surface area contributed by atoms with Gasteiger partial charge in [-0.05, 0) is 18.1 Å². The van der Waals surface area contributed by atoms with Gasteiger partial charge in [-0.1, -0.05) is 39.1 Å². The zero-order valence-electron chi connectivity index (χ0n) is 8.54. The van der Waals surface area contributed by atoms with Crippen LogP contribution < -0.4 is 0 Å². The summed E-state index contributed by atoms with van der Waals surface area (Å²) in [5.74, 6) is 1.11. The quantitative estimate of drug-likeness (QED) is 0.695. The molecule has 2 nitrogen and oxygen atoms in total. The van der Waals surface area contributed by atoms with E-state index in [2.05, 4.69) is 6.58 Å². The molecule has 0 rings (SSSR count). The van der Waals surface area contributed by atoms with E-state index in [0.29, 0.717) is 17.9 Å². The van der Waals surface area contributed by atoms with Gasteiger partial charge in [-0.15, -0.1) is 0 Å². The summed E-state index contributed by atoms with van der Waals surface area (Å²) in [6.07, 6.45) is -0.0685. The van der Waals surface area contributed by atoms with E-state index < -0.39 is 6.10 Å². The third-order valence-corrected chi connectivity index (χ3v) is 2.45. The summed E-state index contributed by atoms with van der Waals surface area (Å²) >= 11 is 1.20. The van der Waals surface area contributed by atoms with Crippen LogP contribution in [0, 0.1) is 5.92 Å². The Morgan fingerprint density at radius 1 is 1.54 bits per heavy atom. The maximum atomic E-state index is 11.3. The van der Waals surface area contributed by atoms with Crippen molar-refractivity contribution in [3.05, 3.63) is 12.2 Å². The molecule has 76 valence electrons. The van der Waals surface area contributed by atoms with Gasteiger partial charge in [-0.2, -0.15) is 0 Å². The maximum absolute atomic E-state index is 11.3. The molecule has 0 aliphatic rings. The fourth-order valence-electron chi connectivity index (χ4n) is 0.949. The van der Waals surface area contributed by atoms with E-state index in [-0.39, 0.29) is 5.12 Å². The lowest BCUT2D eigenvalue weighted by Gasteiger charge is -2.13. The van der Waals surface area contributed by atoms with Crippen LogP contribution in [0.1, 0.15) is 27.2 Å². The van der Waals surface area contributed by atoms with Gasteiger partial charge in [-0.25, -0.2) is 0 Å². The van der Waals surface area contributed by atoms with Gasteiger partial charge in [-0.3, -0.25) is 4.79 Å². The van der Waals surface area contributed by atoms with E-state index in [9.17, 15) is 9.90 Å². The Morgan fingerprint density at radius 3 is 2.46 bits per heavy atom. The Balaban J connectivity index is 4.02. The first-order valence-electron chi connectivity index (χ1n) is 4.53. The van der Waals surface area contributed by atoms with Crippen LogP contribution in [0.5, 0.6) is 0 Å². The van der Waals surface area contributed by atoms with Gasteiger partial charge in [0.2, 0.25) is 5.12 Å². The van der Waals surface area contributed by atoms with Crippen LogP contribution in [0.2, 0.25) is 0 Å². The second-order valence-corrected chi connectivity index (χ2v) is 4.63. The standard InChI is InChI=1S/C10H18O2S/c1-5-13-10(12)8(4)9(11)6-7(2)3/h7,9,11H,4-6H2,1-3H3. The minimum absolute atomic E-state index is 0.0874. The van der Waals surface area contributed by atoms with Gasteiger partial charge in [0.1, 0.15) is 0 Å². The van der Waals surface area contributed by atoms with Crippen LogP contribution in [0.4, 0.5) is 0 Å². The minimum atomic E-state index is -0.674. The van der Waals surface area contributed by atoms with Crippen LogP contribution in [0.3, 0.4) is 0 Å². The zero-order chi connectivity index (χ0) is 10.4. The molecule has 0 aromatic carbocycles. The predicted molar refractivity (Wildman–Crippen MR) is 57.7 cm³/mol. The van der Waals surface area contributed by atoms with E-state index >= 15 is 0 Å². The van der Waals surface area contributed by atoms with Gasteiger partial charge in [0.15, 0.2) is 0 Å². The molecule has 0 bridgehead atoms. The summed E-state index contributed by atoms with van der Waals surface area (Å²) in [5.41, 5.74) is 0.334. The highest BCUT2D eigenvalue weighted by Gasteiger charge is 2.17. The number of rotatable bonds is 5. The lowest BCUT2D eigenvalue weighted by Crippen LogP contribution is -2.17. The van der Waals surface area contributed by atoms with E-state index in [4.69, 9.17) is 0 Å². The Hall–Kier alpha value is -0.280. The summed E-state index contributed by atoms with van der Waals surface area (Å²) in [5, 5.41) is 9.46. The molecule has 0 heterocycles. The van der Waals surface area contributed by atoms with Crippen molar-refractivity contribution in [2.24, 2.45) is 5.92 Å². The summed E-state index contributed by atoms with van der Waals surface area (Å²) in [6.45, 7) is 9.53. The van der Waals surface area contributed by atoms with Crippen LogP contribution in [0.15, 0.2) is 12.2 Å². The van der Waals surface area contributed by atoms with E-state index in [1.165, 1.54) is 11.8 Å². The topological polar surface area (TPSA) is 37.3 Å². The molecule has 13 heavy (non-hydrogen) atoms. The Bertz CT molecular complexity index is 187. The van der Waals surface area contributed by atoms with Crippen molar-refractivity contribution in [2.45, 2.75) is 33.3 Å². The van der Waals surface area contributed by atoms with E-state index in [1.54, 1.807) is 0 Å². The van der Waals surface area contributed by atoms with Gasteiger partial charge >= 0.3 is 0 Å². The van der Waals surface area contributed by atoms with Crippen molar-refractivity contribution in [2.75, 3.05) is 5.75 Å². The van der Waals surface area contributed by atoms with Gasteiger partial charge < -0.3 is 5.11 Å². The minimum Gasteiger partial charge on any atom is -0.388 e. The highest BCUT2D eigenvalue weighted by molar-refractivity contribution is 8.14. The number of aliphatic hydroxyl groups is 1. The second kappa shape index (κ2) is 6.22. The first kappa shape index (κ1) is 12.7. The third-order valence-electron chi connectivity index (χ3n) is 1.63. The molecule has 0 saturated heterocycles. The molecule has 0 aromatic rings. The molecule has 1 atom stereocenters. The van der Waals surface area contributed by atoms with Crippen LogP contribution in [-0.2, 0) is 4.79 Å². The molecule has 0 aliphatic carbocycles. The Labute approximate surface area is 84.4 Å². The maximum Gasteiger partial charge on any atom is 0.217 e. The van der Waals surface area contributed by atoms with Gasteiger partial charge in [0.05, 0.1) is 6.10 Å². The summed E-state index contributed by atoms with van der Waals surface area (Å²) < 4.78 is 0. The lowest BCUT2D eigenvalue weighted by atomic mass is 10.0. The number of aliphatic hydroxyl groups excluding tert-OH is 1. The molecular weight excluding hydrogens is 184 g/mol. The summed E-state index contributed by atoms with van der Waals surface area (Å²) in [6, 6.07) is 0. The molecule has 0 aliphatic heterocycles. The lowest BCUT2D eigenvalue weighted by molar-refractivity contribution is -0.108. The summed E-state index contributed by atoms with van der Waals surface area (Å²) in [4.78, 5) is 11.3. The average molecular weight is 202 g/mol. The van der Waals surface area contributed by atoms with Gasteiger partial charge in [0.25, 0.3) is 0 Å². The zero-order valence-corrected chi connectivity index (χ0v) is 9.36. The van der Waals surface area contributed by atoms with Crippen molar-refractivity contribution < 1.29 is 9.90 Å². The molecule has 0 saturated carbocycles. The first-order valence-corrected chi connectivity index (χ1v) is 5.51. The smallest absolute Gasteiger partial charge is 0.217 e. The SMILES string of the molecule is C=C(C(=O)SCC)C(O)CC(C)C. The second-order valence-electron chi connectivity index (χ2n) is 3.39. The van der Waals surface area contributed by atoms with E-state index in [1.807, 2.05) is 20.8 Å². The fourth-order valence-corrected chi connectivity index (χ4v) is 1.53. The fraction of sp³-hybridized carbons (Fsp3) is 0.700. The molecule has 0 radical (unpaired) electrons. The van der Waals surface area contributed by atoms with Crippen molar-refractivity contribution in [1.29, 1.82) is 0 Å². The van der Waals surface area contributed by atoms with Crippen molar-refractivity contribution >= 4 is 16.9 Å². The number of carbonyl (C=O) groups excluding carboxylic acids is 1. The number of thioether (sulfide) groups is 1. The van der Waals surface area contributed by atoms with Crippen LogP contribution >= 0.6 is 11.8 Å².